The zero-order valence-corrected chi connectivity index (χ0v) is 24.8. The van der Waals surface area contributed by atoms with Gasteiger partial charge in [0, 0.05) is 22.3 Å². The van der Waals surface area contributed by atoms with Crippen LogP contribution in [0.1, 0.15) is 29.4 Å². The fourth-order valence-electron chi connectivity index (χ4n) is 3.68. The van der Waals surface area contributed by atoms with Gasteiger partial charge in [-0.25, -0.2) is 5.43 Å². The summed E-state index contributed by atoms with van der Waals surface area (Å²) >= 11 is 4.80. The minimum absolute atomic E-state index is 0.249. The molecule has 1 atom stereocenters. The summed E-state index contributed by atoms with van der Waals surface area (Å²) in [6, 6.07) is 23.7. The summed E-state index contributed by atoms with van der Waals surface area (Å²) < 4.78 is 8.94. The van der Waals surface area contributed by atoms with Gasteiger partial charge in [-0.2, -0.15) is 5.10 Å². The molecule has 2 N–H and O–H groups in total. The van der Waals surface area contributed by atoms with Crippen LogP contribution in [0.5, 0.6) is 5.75 Å². The van der Waals surface area contributed by atoms with Crippen LogP contribution in [-0.2, 0) is 24.5 Å². The molecule has 0 saturated heterocycles. The molecular weight excluding hydrogens is 588 g/mol. The number of hydrogen-bond donors (Lipinski definition) is 2. The summed E-state index contributed by atoms with van der Waals surface area (Å²) in [4.78, 5) is 12.8. The smallest absolute Gasteiger partial charge is 0.253 e. The number of ether oxygens (including phenoxy) is 1. The van der Waals surface area contributed by atoms with Gasteiger partial charge >= 0.3 is 0 Å². The molecule has 8 nitrogen and oxygen atoms in total. The largest absolute Gasteiger partial charge is 0.488 e. The Morgan fingerprint density at radius 1 is 1.15 bits per heavy atom. The van der Waals surface area contributed by atoms with E-state index in [9.17, 15) is 4.79 Å². The summed E-state index contributed by atoms with van der Waals surface area (Å²) in [5.41, 5.74) is 6.62. The molecule has 1 aromatic heterocycles. The van der Waals surface area contributed by atoms with Crippen LogP contribution >= 0.6 is 27.7 Å². The Bertz CT molecular complexity index is 1470. The zero-order chi connectivity index (χ0) is 28.3. The van der Waals surface area contributed by atoms with Crippen molar-refractivity contribution in [2.75, 3.05) is 5.32 Å². The second kappa shape index (κ2) is 14.5. The van der Waals surface area contributed by atoms with Gasteiger partial charge in [-0.15, -0.1) is 16.8 Å². The topological polar surface area (TPSA) is 93.4 Å². The van der Waals surface area contributed by atoms with Crippen molar-refractivity contribution >= 4 is 45.5 Å². The first-order chi connectivity index (χ1) is 19.4. The fraction of sp³-hybridized carbons (Fsp3) is 0.200. The first-order valence-corrected chi connectivity index (χ1v) is 14.4. The summed E-state index contributed by atoms with van der Waals surface area (Å²) in [6.07, 6.45) is 3.37. The Labute approximate surface area is 247 Å². The molecule has 10 heteroatoms. The Balaban J connectivity index is 1.34. The van der Waals surface area contributed by atoms with Crippen LogP contribution in [0, 0.1) is 6.92 Å². The van der Waals surface area contributed by atoms with E-state index in [1.54, 1.807) is 12.3 Å². The molecule has 0 unspecified atom stereocenters. The number of thioether (sulfide) groups is 1. The molecule has 0 aliphatic heterocycles. The van der Waals surface area contributed by atoms with Crippen LogP contribution < -0.4 is 15.5 Å². The van der Waals surface area contributed by atoms with Crippen molar-refractivity contribution in [3.8, 4) is 5.75 Å². The maximum Gasteiger partial charge on any atom is 0.253 e. The number of para-hydroxylation sites is 1. The molecule has 0 fully saturated rings. The molecule has 0 saturated carbocycles. The van der Waals surface area contributed by atoms with E-state index >= 15 is 0 Å². The first kappa shape index (κ1) is 29.1. The number of rotatable bonds is 13. The molecule has 1 heterocycles. The Kier molecular flexibility index (Phi) is 10.5. The van der Waals surface area contributed by atoms with Gasteiger partial charge < -0.3 is 14.6 Å². The van der Waals surface area contributed by atoms with Crippen LogP contribution in [0.2, 0.25) is 0 Å². The second-order valence-corrected chi connectivity index (χ2v) is 11.2. The van der Waals surface area contributed by atoms with Crippen LogP contribution in [0.25, 0.3) is 0 Å². The van der Waals surface area contributed by atoms with Crippen molar-refractivity contribution in [2.45, 2.75) is 44.0 Å². The summed E-state index contributed by atoms with van der Waals surface area (Å²) in [6.45, 7) is 9.16. The Morgan fingerprint density at radius 3 is 2.73 bits per heavy atom. The van der Waals surface area contributed by atoms with Crippen LogP contribution in [0.3, 0.4) is 0 Å². The third kappa shape index (κ3) is 8.30. The zero-order valence-electron chi connectivity index (χ0n) is 22.4. The lowest BCUT2D eigenvalue weighted by molar-refractivity contribution is -0.120. The van der Waals surface area contributed by atoms with E-state index in [-0.39, 0.29) is 5.91 Å². The monoisotopic (exact) mass is 618 g/mol. The maximum atomic E-state index is 12.8. The van der Waals surface area contributed by atoms with Crippen molar-refractivity contribution < 1.29 is 9.53 Å². The van der Waals surface area contributed by atoms with E-state index in [1.807, 2.05) is 72.2 Å². The van der Waals surface area contributed by atoms with Gasteiger partial charge in [-0.3, -0.25) is 4.79 Å². The molecule has 3 aromatic carbocycles. The number of hydrazone groups is 1. The molecule has 206 valence electrons. The van der Waals surface area contributed by atoms with Crippen molar-refractivity contribution in [1.82, 2.24) is 20.2 Å². The van der Waals surface area contributed by atoms with Gasteiger partial charge in [0.05, 0.1) is 18.0 Å². The van der Waals surface area contributed by atoms with E-state index in [0.717, 1.165) is 27.1 Å². The standard InChI is InChI=1S/C30H31BrN6O2S/c1-4-16-37-28(19-32-26-14-12-21(2)13-15-26)34-36-30(37)40-22(3)29(38)35-33-18-24-9-5-6-11-27(24)39-20-23-8-7-10-25(31)17-23/h4-15,17-18,22,32H,1,16,19-20H2,2-3H3,(H,35,38)/t22-/m1/s1. The van der Waals surface area contributed by atoms with E-state index in [4.69, 9.17) is 4.74 Å². The van der Waals surface area contributed by atoms with Gasteiger partial charge in [0.1, 0.15) is 12.4 Å². The molecule has 40 heavy (non-hydrogen) atoms. The first-order valence-electron chi connectivity index (χ1n) is 12.7. The number of nitrogens with zero attached hydrogens (tertiary/aromatic N) is 4. The van der Waals surface area contributed by atoms with Crippen LogP contribution in [0.15, 0.2) is 100 Å². The number of allylic oxidation sites excluding steroid dienone is 1. The minimum Gasteiger partial charge on any atom is -0.488 e. The number of carbonyl (C=O) groups excluding carboxylic acids is 1. The highest BCUT2D eigenvalue weighted by atomic mass is 79.9. The predicted octanol–water partition coefficient (Wildman–Crippen LogP) is 6.36. The fourth-order valence-corrected chi connectivity index (χ4v) is 4.99. The quantitative estimate of drug-likeness (QED) is 0.0784. The average molecular weight is 620 g/mol. The number of aromatic nitrogens is 3. The lowest BCUT2D eigenvalue weighted by Crippen LogP contribution is -2.27. The number of nitrogens with one attached hydrogen (secondary N) is 2. The highest BCUT2D eigenvalue weighted by Gasteiger charge is 2.19. The summed E-state index contributed by atoms with van der Waals surface area (Å²) in [7, 11) is 0. The summed E-state index contributed by atoms with van der Waals surface area (Å²) in [5.74, 6) is 1.18. The molecule has 4 rings (SSSR count). The second-order valence-electron chi connectivity index (χ2n) is 8.97. The van der Waals surface area contributed by atoms with Gasteiger partial charge in [-0.05, 0) is 55.8 Å². The van der Waals surface area contributed by atoms with Gasteiger partial charge in [-0.1, -0.05) is 75.7 Å². The van der Waals surface area contributed by atoms with Crippen LogP contribution in [0.4, 0.5) is 5.69 Å². The minimum atomic E-state index is -0.453. The number of aryl methyl sites for hydroxylation is 1. The molecule has 0 bridgehead atoms. The molecule has 0 aliphatic rings. The molecule has 0 radical (unpaired) electrons. The third-order valence-electron chi connectivity index (χ3n) is 5.84. The van der Waals surface area contributed by atoms with E-state index < -0.39 is 5.25 Å². The lowest BCUT2D eigenvalue weighted by atomic mass is 10.2. The molecule has 4 aromatic rings. The Hall–Kier alpha value is -3.89. The SMILES string of the molecule is C=CCn1c(CNc2ccc(C)cc2)nnc1S[C@H](C)C(=O)NN=Cc1ccccc1OCc1cccc(Br)c1. The summed E-state index contributed by atoms with van der Waals surface area (Å²) in [5, 5.41) is 16.4. The lowest BCUT2D eigenvalue weighted by Gasteiger charge is -2.12. The normalized spacial score (nSPS) is 11.8. The number of hydrogen-bond acceptors (Lipinski definition) is 7. The molecule has 0 spiro atoms. The van der Waals surface area contributed by atoms with Gasteiger partial charge in [0.25, 0.3) is 5.91 Å². The number of anilines is 1. The van der Waals surface area contributed by atoms with Gasteiger partial charge in [0.15, 0.2) is 11.0 Å². The van der Waals surface area contributed by atoms with Crippen molar-refractivity contribution in [3.05, 3.63) is 112 Å². The number of halogens is 1. The van der Waals surface area contributed by atoms with Crippen molar-refractivity contribution in [3.63, 3.8) is 0 Å². The molecule has 1 amide bonds. The van der Waals surface area contributed by atoms with Crippen LogP contribution in [-0.4, -0.2) is 32.1 Å². The maximum absolute atomic E-state index is 12.8. The van der Waals surface area contributed by atoms with Crippen molar-refractivity contribution in [1.29, 1.82) is 0 Å². The molecular formula is C30H31BrN6O2S. The number of benzene rings is 3. The third-order valence-corrected chi connectivity index (χ3v) is 7.41. The number of amides is 1. The predicted molar refractivity (Wildman–Crippen MR) is 165 cm³/mol. The molecule has 0 aliphatic carbocycles. The highest BCUT2D eigenvalue weighted by Crippen LogP contribution is 2.23. The Morgan fingerprint density at radius 2 is 1.95 bits per heavy atom. The highest BCUT2D eigenvalue weighted by molar-refractivity contribution is 9.10. The van der Waals surface area contributed by atoms with Crippen molar-refractivity contribution in [2.24, 2.45) is 5.10 Å². The number of carbonyl (C=O) groups is 1. The van der Waals surface area contributed by atoms with Gasteiger partial charge in [0.2, 0.25) is 0 Å². The average Bonchev–Trinajstić information content (AvgIpc) is 3.33. The van der Waals surface area contributed by atoms with E-state index in [1.165, 1.54) is 17.3 Å². The van der Waals surface area contributed by atoms with E-state index in [0.29, 0.717) is 30.6 Å². The van der Waals surface area contributed by atoms with E-state index in [2.05, 4.69) is 67.6 Å².